The molecule has 1 aliphatic heterocycles. The molecular formula is C14H20N2O3. The first-order valence-electron chi connectivity index (χ1n) is 6.70. The summed E-state index contributed by atoms with van der Waals surface area (Å²) in [5.41, 5.74) is 0.729. The van der Waals surface area contributed by atoms with Gasteiger partial charge >= 0.3 is 0 Å². The summed E-state index contributed by atoms with van der Waals surface area (Å²) in [5.74, 6) is 1.37. The Labute approximate surface area is 113 Å². The molecule has 0 saturated carbocycles. The number of hydrogen-bond donors (Lipinski definition) is 2. The lowest BCUT2D eigenvalue weighted by Crippen LogP contribution is -2.28. The van der Waals surface area contributed by atoms with E-state index in [1.54, 1.807) is 6.07 Å². The van der Waals surface area contributed by atoms with E-state index in [-0.39, 0.29) is 5.91 Å². The number of rotatable bonds is 5. The Bertz CT molecular complexity index is 435. The van der Waals surface area contributed by atoms with Crippen molar-refractivity contribution < 1.29 is 14.3 Å². The van der Waals surface area contributed by atoms with Crippen LogP contribution in [0.1, 0.15) is 19.8 Å². The summed E-state index contributed by atoms with van der Waals surface area (Å²) in [6.45, 7) is 4.54. The number of hydrogen-bond acceptors (Lipinski definition) is 4. The van der Waals surface area contributed by atoms with Gasteiger partial charge in [0.2, 0.25) is 5.91 Å². The molecule has 0 spiro atoms. The minimum absolute atomic E-state index is 0.0528. The quantitative estimate of drug-likeness (QED) is 0.796. The van der Waals surface area contributed by atoms with E-state index in [1.807, 2.05) is 12.1 Å². The topological polar surface area (TPSA) is 59.6 Å². The van der Waals surface area contributed by atoms with E-state index in [0.29, 0.717) is 25.5 Å². The van der Waals surface area contributed by atoms with E-state index >= 15 is 0 Å². The Kier molecular flexibility index (Phi) is 5.03. The number of amides is 1. The van der Waals surface area contributed by atoms with E-state index in [0.717, 1.165) is 30.8 Å². The summed E-state index contributed by atoms with van der Waals surface area (Å²) in [7, 11) is 0. The van der Waals surface area contributed by atoms with E-state index in [4.69, 9.17) is 9.47 Å². The zero-order chi connectivity index (χ0) is 13.5. The summed E-state index contributed by atoms with van der Waals surface area (Å²) in [6.07, 6.45) is 1.88. The molecule has 0 fully saturated rings. The second kappa shape index (κ2) is 6.99. The van der Waals surface area contributed by atoms with Gasteiger partial charge in [0.25, 0.3) is 0 Å². The lowest BCUT2D eigenvalue weighted by Gasteiger charge is -2.10. The highest BCUT2D eigenvalue weighted by Gasteiger charge is 2.11. The fourth-order valence-electron chi connectivity index (χ4n) is 1.82. The normalized spacial score (nSPS) is 13.7. The number of carbonyl (C=O) groups is 1. The highest BCUT2D eigenvalue weighted by molar-refractivity contribution is 5.92. The fourth-order valence-corrected chi connectivity index (χ4v) is 1.82. The van der Waals surface area contributed by atoms with Crippen molar-refractivity contribution >= 4 is 11.6 Å². The standard InChI is InChI=1S/C14H20N2O3/c1-2-6-15-10-14(17)16-11-4-5-12-13(9-11)19-8-3-7-18-12/h4-5,9,15H,2-3,6-8,10H2,1H3,(H,16,17). The molecule has 1 amide bonds. The molecule has 0 aromatic heterocycles. The molecule has 19 heavy (non-hydrogen) atoms. The van der Waals surface area contributed by atoms with Gasteiger partial charge in [-0.25, -0.2) is 0 Å². The molecule has 1 aliphatic rings. The third-order valence-corrected chi connectivity index (χ3v) is 2.74. The van der Waals surface area contributed by atoms with Gasteiger partial charge in [0.05, 0.1) is 19.8 Å². The second-order valence-electron chi connectivity index (χ2n) is 4.44. The molecule has 2 N–H and O–H groups in total. The third kappa shape index (κ3) is 4.13. The van der Waals surface area contributed by atoms with Gasteiger partial charge in [0, 0.05) is 18.2 Å². The molecular weight excluding hydrogens is 244 g/mol. The zero-order valence-electron chi connectivity index (χ0n) is 11.2. The molecule has 0 atom stereocenters. The Morgan fingerprint density at radius 3 is 2.84 bits per heavy atom. The maximum atomic E-state index is 11.7. The molecule has 0 bridgehead atoms. The van der Waals surface area contributed by atoms with Gasteiger partial charge in [0.1, 0.15) is 0 Å². The van der Waals surface area contributed by atoms with Gasteiger partial charge in [-0.15, -0.1) is 0 Å². The van der Waals surface area contributed by atoms with Crippen molar-refractivity contribution in [1.82, 2.24) is 5.32 Å². The van der Waals surface area contributed by atoms with Crippen molar-refractivity contribution in [2.45, 2.75) is 19.8 Å². The molecule has 2 rings (SSSR count). The second-order valence-corrected chi connectivity index (χ2v) is 4.44. The summed E-state index contributed by atoms with van der Waals surface area (Å²) < 4.78 is 11.1. The van der Waals surface area contributed by atoms with Crippen molar-refractivity contribution in [2.75, 3.05) is 31.6 Å². The SMILES string of the molecule is CCCNCC(=O)Nc1ccc2c(c1)OCCCO2. The molecule has 0 saturated heterocycles. The van der Waals surface area contributed by atoms with Gasteiger partial charge < -0.3 is 20.1 Å². The summed E-state index contributed by atoms with van der Waals surface area (Å²) in [4.78, 5) is 11.7. The van der Waals surface area contributed by atoms with Crippen LogP contribution >= 0.6 is 0 Å². The first-order chi connectivity index (χ1) is 9.29. The van der Waals surface area contributed by atoms with E-state index in [2.05, 4.69) is 17.6 Å². The fraction of sp³-hybridized carbons (Fsp3) is 0.500. The molecule has 104 valence electrons. The van der Waals surface area contributed by atoms with E-state index in [1.165, 1.54) is 0 Å². The smallest absolute Gasteiger partial charge is 0.238 e. The van der Waals surface area contributed by atoms with Gasteiger partial charge in [-0.3, -0.25) is 4.79 Å². The number of fused-ring (bicyclic) bond motifs is 1. The van der Waals surface area contributed by atoms with Crippen LogP contribution in [0, 0.1) is 0 Å². The number of carbonyl (C=O) groups excluding carboxylic acids is 1. The highest BCUT2D eigenvalue weighted by Crippen LogP contribution is 2.32. The van der Waals surface area contributed by atoms with Crippen LogP contribution in [0.3, 0.4) is 0 Å². The van der Waals surface area contributed by atoms with Gasteiger partial charge in [0.15, 0.2) is 11.5 Å². The van der Waals surface area contributed by atoms with Crippen LogP contribution in [0.5, 0.6) is 11.5 Å². The van der Waals surface area contributed by atoms with E-state index < -0.39 is 0 Å². The largest absolute Gasteiger partial charge is 0.490 e. The lowest BCUT2D eigenvalue weighted by molar-refractivity contribution is -0.115. The average Bonchev–Trinajstić information content (AvgIpc) is 2.63. The Balaban J connectivity index is 1.94. The van der Waals surface area contributed by atoms with Gasteiger partial charge in [-0.1, -0.05) is 6.92 Å². The average molecular weight is 264 g/mol. The van der Waals surface area contributed by atoms with Crippen molar-refractivity contribution in [3.05, 3.63) is 18.2 Å². The molecule has 0 radical (unpaired) electrons. The number of nitrogens with one attached hydrogen (secondary N) is 2. The van der Waals surface area contributed by atoms with Crippen molar-refractivity contribution in [3.63, 3.8) is 0 Å². The van der Waals surface area contributed by atoms with Crippen LogP contribution in [-0.4, -0.2) is 32.2 Å². The molecule has 1 aromatic rings. The van der Waals surface area contributed by atoms with Crippen LogP contribution < -0.4 is 20.1 Å². The predicted octanol–water partition coefficient (Wildman–Crippen LogP) is 1.79. The highest BCUT2D eigenvalue weighted by atomic mass is 16.5. The monoisotopic (exact) mass is 264 g/mol. The third-order valence-electron chi connectivity index (χ3n) is 2.74. The molecule has 0 unspecified atom stereocenters. The van der Waals surface area contributed by atoms with Gasteiger partial charge in [-0.2, -0.15) is 0 Å². The summed E-state index contributed by atoms with van der Waals surface area (Å²) in [6, 6.07) is 5.46. The van der Waals surface area contributed by atoms with Gasteiger partial charge in [-0.05, 0) is 25.1 Å². The Morgan fingerprint density at radius 2 is 2.05 bits per heavy atom. The summed E-state index contributed by atoms with van der Waals surface area (Å²) >= 11 is 0. The maximum absolute atomic E-state index is 11.7. The molecule has 0 aliphatic carbocycles. The lowest BCUT2D eigenvalue weighted by atomic mass is 10.2. The first kappa shape index (κ1) is 13.7. The van der Waals surface area contributed by atoms with Crippen LogP contribution in [0.2, 0.25) is 0 Å². The van der Waals surface area contributed by atoms with Crippen molar-refractivity contribution in [1.29, 1.82) is 0 Å². The first-order valence-corrected chi connectivity index (χ1v) is 6.70. The number of benzene rings is 1. The zero-order valence-corrected chi connectivity index (χ0v) is 11.2. The van der Waals surface area contributed by atoms with Crippen LogP contribution in [0.25, 0.3) is 0 Å². The predicted molar refractivity (Wildman–Crippen MR) is 73.8 cm³/mol. The Morgan fingerprint density at radius 1 is 1.26 bits per heavy atom. The number of anilines is 1. The summed E-state index contributed by atoms with van der Waals surface area (Å²) in [5, 5.41) is 5.89. The Hall–Kier alpha value is -1.75. The molecule has 1 heterocycles. The van der Waals surface area contributed by atoms with Crippen molar-refractivity contribution in [3.8, 4) is 11.5 Å². The maximum Gasteiger partial charge on any atom is 0.238 e. The van der Waals surface area contributed by atoms with Crippen LogP contribution in [-0.2, 0) is 4.79 Å². The molecule has 5 heteroatoms. The van der Waals surface area contributed by atoms with E-state index in [9.17, 15) is 4.79 Å². The minimum Gasteiger partial charge on any atom is -0.490 e. The van der Waals surface area contributed by atoms with Crippen LogP contribution in [0.15, 0.2) is 18.2 Å². The van der Waals surface area contributed by atoms with Crippen LogP contribution in [0.4, 0.5) is 5.69 Å². The molecule has 1 aromatic carbocycles. The minimum atomic E-state index is -0.0528. The molecule has 5 nitrogen and oxygen atoms in total. The van der Waals surface area contributed by atoms with Crippen molar-refractivity contribution in [2.24, 2.45) is 0 Å². The number of ether oxygens (including phenoxy) is 2.